The normalized spacial score (nSPS) is 23.0. The molecule has 0 saturated carbocycles. The number of nitrogens with one attached hydrogen (secondary N) is 1. The second-order valence-electron chi connectivity index (χ2n) is 7.65. The molecule has 4 rings (SSSR count). The molecule has 2 aliphatic heterocycles. The lowest BCUT2D eigenvalue weighted by molar-refractivity contribution is 0.0576. The molecule has 0 spiro atoms. The number of thiazole rings is 1. The smallest absolute Gasteiger partial charge is 0.263 e. The summed E-state index contributed by atoms with van der Waals surface area (Å²) in [6.07, 6.45) is 6.30. The fraction of sp³-hybridized carbons (Fsp3) is 0.524. The van der Waals surface area contributed by atoms with Gasteiger partial charge in [0.1, 0.15) is 15.7 Å². The van der Waals surface area contributed by atoms with Crippen molar-refractivity contribution in [2.75, 3.05) is 19.6 Å². The molecule has 0 aliphatic carbocycles. The van der Waals surface area contributed by atoms with Crippen LogP contribution in [0.3, 0.4) is 0 Å². The number of aryl methyl sites for hydroxylation is 1. The molecule has 6 heteroatoms. The Labute approximate surface area is 163 Å². The van der Waals surface area contributed by atoms with Crippen molar-refractivity contribution in [1.82, 2.24) is 15.2 Å². The standard InChI is InChI=1S/C21H26FN3OS/c1-14-19(27-21(24-14)15-7-9-17(22)10-8-15)20(26)23-13-16-5-4-12-25-11-3-2-6-18(16)25/h7-10,16,18H,2-6,11-13H2,1H3,(H,23,26)/t16-,18+/m1/s1. The highest BCUT2D eigenvalue weighted by Crippen LogP contribution is 2.31. The monoisotopic (exact) mass is 387 g/mol. The number of fused-ring (bicyclic) bond motifs is 1. The Balaban J connectivity index is 1.42. The zero-order valence-corrected chi connectivity index (χ0v) is 16.5. The molecule has 1 amide bonds. The molecule has 3 heterocycles. The van der Waals surface area contributed by atoms with Gasteiger partial charge < -0.3 is 10.2 Å². The lowest BCUT2D eigenvalue weighted by atomic mass is 9.83. The largest absolute Gasteiger partial charge is 0.351 e. The van der Waals surface area contributed by atoms with Gasteiger partial charge >= 0.3 is 0 Å². The summed E-state index contributed by atoms with van der Waals surface area (Å²) >= 11 is 1.38. The van der Waals surface area contributed by atoms with Gasteiger partial charge in [0.15, 0.2) is 0 Å². The van der Waals surface area contributed by atoms with Crippen LogP contribution in [-0.2, 0) is 0 Å². The van der Waals surface area contributed by atoms with Gasteiger partial charge in [-0.25, -0.2) is 9.37 Å². The van der Waals surface area contributed by atoms with Crippen LogP contribution < -0.4 is 5.32 Å². The molecule has 2 atom stereocenters. The highest BCUT2D eigenvalue weighted by molar-refractivity contribution is 7.17. The van der Waals surface area contributed by atoms with E-state index in [4.69, 9.17) is 0 Å². The first kappa shape index (κ1) is 18.6. The molecular weight excluding hydrogens is 361 g/mol. The summed E-state index contributed by atoms with van der Waals surface area (Å²) in [5.41, 5.74) is 1.58. The van der Waals surface area contributed by atoms with Crippen LogP contribution in [0.25, 0.3) is 10.6 Å². The molecule has 1 N–H and O–H groups in total. The van der Waals surface area contributed by atoms with Crippen LogP contribution in [0.15, 0.2) is 24.3 Å². The van der Waals surface area contributed by atoms with E-state index in [2.05, 4.69) is 15.2 Å². The summed E-state index contributed by atoms with van der Waals surface area (Å²) in [4.78, 5) is 20.5. The van der Waals surface area contributed by atoms with E-state index >= 15 is 0 Å². The number of benzene rings is 1. The van der Waals surface area contributed by atoms with Gasteiger partial charge in [-0.05, 0) is 75.9 Å². The minimum atomic E-state index is -0.269. The van der Waals surface area contributed by atoms with Gasteiger partial charge in [0.2, 0.25) is 0 Å². The first-order valence-electron chi connectivity index (χ1n) is 9.87. The van der Waals surface area contributed by atoms with Crippen LogP contribution >= 0.6 is 11.3 Å². The highest BCUT2D eigenvalue weighted by atomic mass is 32.1. The van der Waals surface area contributed by atoms with Crippen LogP contribution in [0.1, 0.15) is 47.5 Å². The number of nitrogens with zero attached hydrogens (tertiary/aromatic N) is 2. The number of hydrogen-bond donors (Lipinski definition) is 1. The molecular formula is C21H26FN3OS. The summed E-state index contributed by atoms with van der Waals surface area (Å²) in [5.74, 6) is 0.244. The molecule has 4 nitrogen and oxygen atoms in total. The van der Waals surface area contributed by atoms with Gasteiger partial charge in [0.05, 0.1) is 5.69 Å². The van der Waals surface area contributed by atoms with E-state index in [1.54, 1.807) is 12.1 Å². The zero-order valence-electron chi connectivity index (χ0n) is 15.7. The van der Waals surface area contributed by atoms with E-state index in [0.717, 1.165) is 22.8 Å². The van der Waals surface area contributed by atoms with Gasteiger partial charge in [-0.15, -0.1) is 11.3 Å². The first-order valence-corrected chi connectivity index (χ1v) is 10.7. The van der Waals surface area contributed by atoms with Crippen molar-refractivity contribution in [3.63, 3.8) is 0 Å². The SMILES string of the molecule is Cc1nc(-c2ccc(F)cc2)sc1C(=O)NC[C@H]1CCCN2CCCC[C@@H]12. The number of carbonyl (C=O) groups excluding carboxylic acids is 1. The minimum absolute atomic E-state index is 0.0358. The van der Waals surface area contributed by atoms with Gasteiger partial charge in [-0.2, -0.15) is 0 Å². The van der Waals surface area contributed by atoms with Crippen LogP contribution in [0.5, 0.6) is 0 Å². The van der Waals surface area contributed by atoms with E-state index in [9.17, 15) is 9.18 Å². The molecule has 0 radical (unpaired) electrons. The summed E-state index contributed by atoms with van der Waals surface area (Å²) in [7, 11) is 0. The van der Waals surface area contributed by atoms with Crippen molar-refractivity contribution >= 4 is 17.2 Å². The maximum absolute atomic E-state index is 13.1. The van der Waals surface area contributed by atoms with Crippen LogP contribution in [0.4, 0.5) is 4.39 Å². The molecule has 2 aliphatic rings. The average Bonchev–Trinajstić information content (AvgIpc) is 3.08. The van der Waals surface area contributed by atoms with E-state index in [-0.39, 0.29) is 11.7 Å². The topological polar surface area (TPSA) is 45.2 Å². The fourth-order valence-corrected chi connectivity index (χ4v) is 5.43. The third-order valence-corrected chi connectivity index (χ3v) is 7.05. The number of carbonyl (C=O) groups is 1. The molecule has 2 fully saturated rings. The molecule has 0 unspecified atom stereocenters. The number of rotatable bonds is 4. The predicted octanol–water partition coefficient (Wildman–Crippen LogP) is 4.25. The number of hydrogen-bond acceptors (Lipinski definition) is 4. The minimum Gasteiger partial charge on any atom is -0.351 e. The van der Waals surface area contributed by atoms with Gasteiger partial charge in [-0.1, -0.05) is 6.42 Å². The summed E-state index contributed by atoms with van der Waals surface area (Å²) in [6.45, 7) is 5.03. The van der Waals surface area contributed by atoms with Gasteiger partial charge in [-0.3, -0.25) is 4.79 Å². The molecule has 27 heavy (non-hydrogen) atoms. The Morgan fingerprint density at radius 2 is 2.00 bits per heavy atom. The lowest BCUT2D eigenvalue weighted by Crippen LogP contribution is -2.50. The summed E-state index contributed by atoms with van der Waals surface area (Å²) < 4.78 is 13.1. The van der Waals surface area contributed by atoms with Gasteiger partial charge in [0.25, 0.3) is 5.91 Å². The van der Waals surface area contributed by atoms with Crippen molar-refractivity contribution in [3.05, 3.63) is 40.7 Å². The van der Waals surface area contributed by atoms with Crippen LogP contribution in [0.2, 0.25) is 0 Å². The Bertz CT molecular complexity index is 802. The molecule has 1 aromatic heterocycles. The predicted molar refractivity (Wildman–Crippen MR) is 107 cm³/mol. The van der Waals surface area contributed by atoms with Crippen molar-refractivity contribution in [3.8, 4) is 10.6 Å². The molecule has 0 bridgehead atoms. The van der Waals surface area contributed by atoms with E-state index in [0.29, 0.717) is 16.8 Å². The molecule has 1 aromatic carbocycles. The molecule has 2 saturated heterocycles. The molecule has 144 valence electrons. The summed E-state index contributed by atoms with van der Waals surface area (Å²) in [6, 6.07) is 6.88. The first-order chi connectivity index (χ1) is 13.1. The number of halogens is 1. The fourth-order valence-electron chi connectivity index (χ4n) is 4.44. The Hall–Kier alpha value is -1.79. The number of amides is 1. The quantitative estimate of drug-likeness (QED) is 0.853. The van der Waals surface area contributed by atoms with Crippen molar-refractivity contribution in [1.29, 1.82) is 0 Å². The maximum atomic E-state index is 13.1. The van der Waals surface area contributed by atoms with Crippen LogP contribution in [-0.4, -0.2) is 41.5 Å². The second kappa shape index (κ2) is 8.07. The Kier molecular flexibility index (Phi) is 5.55. The van der Waals surface area contributed by atoms with E-state index in [1.807, 2.05) is 6.92 Å². The zero-order chi connectivity index (χ0) is 18.8. The van der Waals surface area contributed by atoms with Crippen LogP contribution in [0, 0.1) is 18.7 Å². The lowest BCUT2D eigenvalue weighted by Gasteiger charge is -2.44. The average molecular weight is 388 g/mol. The van der Waals surface area contributed by atoms with E-state index in [1.165, 1.54) is 68.7 Å². The number of piperidine rings is 2. The van der Waals surface area contributed by atoms with Gasteiger partial charge in [0, 0.05) is 18.2 Å². The maximum Gasteiger partial charge on any atom is 0.263 e. The Morgan fingerprint density at radius 3 is 2.81 bits per heavy atom. The molecule has 2 aromatic rings. The van der Waals surface area contributed by atoms with E-state index < -0.39 is 0 Å². The highest BCUT2D eigenvalue weighted by Gasteiger charge is 2.33. The third-order valence-electron chi connectivity index (χ3n) is 5.85. The summed E-state index contributed by atoms with van der Waals surface area (Å²) in [5, 5.41) is 3.92. The second-order valence-corrected chi connectivity index (χ2v) is 8.65. The van der Waals surface area contributed by atoms with Crippen molar-refractivity contribution in [2.24, 2.45) is 5.92 Å². The van der Waals surface area contributed by atoms with Crippen molar-refractivity contribution < 1.29 is 9.18 Å². The van der Waals surface area contributed by atoms with Crippen molar-refractivity contribution in [2.45, 2.75) is 45.1 Å². The Morgan fingerprint density at radius 1 is 1.22 bits per heavy atom. The third kappa shape index (κ3) is 4.06. The number of aromatic nitrogens is 1.